The van der Waals surface area contributed by atoms with E-state index < -0.39 is 0 Å². The van der Waals surface area contributed by atoms with Crippen LogP contribution in [0, 0.1) is 0 Å². The molecule has 0 bridgehead atoms. The minimum Gasteiger partial charge on any atom is -0.494 e. The molecule has 2 aromatic heterocycles. The molecule has 1 aromatic carbocycles. The molecule has 0 saturated heterocycles. The number of benzene rings is 1. The van der Waals surface area contributed by atoms with Gasteiger partial charge in [0.15, 0.2) is 4.80 Å². The van der Waals surface area contributed by atoms with E-state index in [4.69, 9.17) is 9.73 Å². The van der Waals surface area contributed by atoms with Crippen molar-refractivity contribution in [3.63, 3.8) is 0 Å². The van der Waals surface area contributed by atoms with Gasteiger partial charge in [-0.1, -0.05) is 0 Å². The average molecular weight is 395 g/mol. The molecule has 0 aliphatic carbocycles. The van der Waals surface area contributed by atoms with E-state index >= 15 is 0 Å². The van der Waals surface area contributed by atoms with Gasteiger partial charge in [-0.05, 0) is 59.3 Å². The number of thiazole rings is 1. The minimum absolute atomic E-state index is 0.677. The van der Waals surface area contributed by atoms with Crippen LogP contribution in [0.15, 0.2) is 50.6 Å². The maximum absolute atomic E-state index is 5.45. The molecular formula is C16H15BrN2OS2. The summed E-state index contributed by atoms with van der Waals surface area (Å²) in [5.74, 6) is 0.876. The van der Waals surface area contributed by atoms with Crippen molar-refractivity contribution in [1.29, 1.82) is 0 Å². The van der Waals surface area contributed by atoms with Crippen molar-refractivity contribution in [2.24, 2.45) is 12.0 Å². The van der Waals surface area contributed by atoms with Gasteiger partial charge in [0.1, 0.15) is 5.75 Å². The Balaban J connectivity index is 1.93. The summed E-state index contributed by atoms with van der Waals surface area (Å²) in [5, 5.41) is 2.14. The maximum Gasteiger partial charge on any atom is 0.190 e. The Morgan fingerprint density at radius 3 is 2.59 bits per heavy atom. The average Bonchev–Trinajstić information content (AvgIpc) is 3.08. The van der Waals surface area contributed by atoms with Crippen LogP contribution in [0.5, 0.6) is 5.75 Å². The molecule has 0 N–H and O–H groups in total. The molecule has 3 aromatic rings. The Morgan fingerprint density at radius 1 is 1.18 bits per heavy atom. The zero-order valence-corrected chi connectivity index (χ0v) is 15.5. The van der Waals surface area contributed by atoms with Crippen LogP contribution >= 0.6 is 38.6 Å². The first kappa shape index (κ1) is 15.5. The van der Waals surface area contributed by atoms with Crippen molar-refractivity contribution in [3.05, 3.63) is 50.4 Å². The van der Waals surface area contributed by atoms with E-state index in [2.05, 4.69) is 38.0 Å². The first-order chi connectivity index (χ1) is 10.7. The van der Waals surface area contributed by atoms with E-state index in [0.717, 1.165) is 20.0 Å². The predicted molar refractivity (Wildman–Crippen MR) is 97.1 cm³/mol. The second-order valence-corrected chi connectivity index (χ2v) is 7.90. The molecule has 6 heteroatoms. The molecule has 114 valence electrons. The lowest BCUT2D eigenvalue weighted by Crippen LogP contribution is -2.10. The Hall–Kier alpha value is -1.37. The third-order valence-electron chi connectivity index (χ3n) is 3.12. The molecule has 0 aliphatic heterocycles. The summed E-state index contributed by atoms with van der Waals surface area (Å²) in [7, 11) is 2.05. The zero-order chi connectivity index (χ0) is 15.5. The molecule has 3 nitrogen and oxygen atoms in total. The van der Waals surface area contributed by atoms with Gasteiger partial charge in [0.05, 0.1) is 26.7 Å². The van der Waals surface area contributed by atoms with Crippen molar-refractivity contribution in [3.8, 4) is 16.3 Å². The molecule has 0 spiro atoms. The number of ether oxygens (including phenoxy) is 1. The van der Waals surface area contributed by atoms with Crippen LogP contribution < -0.4 is 9.54 Å². The molecule has 0 aliphatic rings. The SMILES string of the molecule is CCOc1ccc(N=c2scc(-c3ccc(Br)s3)n2C)cc1. The normalized spacial score (nSPS) is 11.9. The van der Waals surface area contributed by atoms with E-state index in [1.807, 2.05) is 38.2 Å². The lowest BCUT2D eigenvalue weighted by atomic mass is 10.3. The quantitative estimate of drug-likeness (QED) is 0.596. The van der Waals surface area contributed by atoms with Gasteiger partial charge in [-0.15, -0.1) is 22.7 Å². The summed E-state index contributed by atoms with van der Waals surface area (Å²) in [6, 6.07) is 12.1. The molecule has 0 fully saturated rings. The molecule has 2 heterocycles. The van der Waals surface area contributed by atoms with Crippen molar-refractivity contribution >= 4 is 44.3 Å². The topological polar surface area (TPSA) is 26.5 Å². The standard InChI is InChI=1S/C16H15BrN2OS2/c1-3-20-12-6-4-11(5-7-12)18-16-19(2)13(10-21-16)14-8-9-15(17)22-14/h4-10H,3H2,1-2H3. The summed E-state index contributed by atoms with van der Waals surface area (Å²) >= 11 is 6.88. The number of thiophene rings is 1. The first-order valence-corrected chi connectivity index (χ1v) is 9.34. The van der Waals surface area contributed by atoms with Gasteiger partial charge in [0.2, 0.25) is 0 Å². The van der Waals surface area contributed by atoms with E-state index in [1.165, 1.54) is 10.6 Å². The van der Waals surface area contributed by atoms with Crippen LogP contribution in [0.2, 0.25) is 0 Å². The van der Waals surface area contributed by atoms with Gasteiger partial charge in [-0.3, -0.25) is 0 Å². The second kappa shape index (κ2) is 6.81. The minimum atomic E-state index is 0.677. The van der Waals surface area contributed by atoms with Crippen LogP contribution in [0.25, 0.3) is 10.6 Å². The Bertz CT molecular complexity index is 830. The Kier molecular flexibility index (Phi) is 4.81. The number of hydrogen-bond donors (Lipinski definition) is 0. The summed E-state index contributed by atoms with van der Waals surface area (Å²) in [5.41, 5.74) is 2.12. The zero-order valence-electron chi connectivity index (χ0n) is 12.2. The molecule has 0 atom stereocenters. The smallest absolute Gasteiger partial charge is 0.190 e. The predicted octanol–water partition coefficient (Wildman–Crippen LogP) is 5.21. The summed E-state index contributed by atoms with van der Waals surface area (Å²) < 4.78 is 8.71. The fourth-order valence-corrected chi connectivity index (χ4v) is 4.47. The number of halogens is 1. The largest absolute Gasteiger partial charge is 0.494 e. The van der Waals surface area contributed by atoms with Crippen LogP contribution in [-0.2, 0) is 7.05 Å². The van der Waals surface area contributed by atoms with Gasteiger partial charge < -0.3 is 9.30 Å². The second-order valence-electron chi connectivity index (χ2n) is 4.61. The Labute approximate surface area is 145 Å². The molecule has 0 saturated carbocycles. The number of rotatable bonds is 4. The summed E-state index contributed by atoms with van der Waals surface area (Å²) in [6.45, 7) is 2.66. The highest BCUT2D eigenvalue weighted by molar-refractivity contribution is 9.11. The fraction of sp³-hybridized carbons (Fsp3) is 0.188. The van der Waals surface area contributed by atoms with E-state index in [0.29, 0.717) is 6.61 Å². The monoisotopic (exact) mass is 394 g/mol. The van der Waals surface area contributed by atoms with E-state index in [1.54, 1.807) is 22.7 Å². The van der Waals surface area contributed by atoms with Crippen LogP contribution in [0.3, 0.4) is 0 Å². The first-order valence-electron chi connectivity index (χ1n) is 6.85. The van der Waals surface area contributed by atoms with Gasteiger partial charge in [0, 0.05) is 12.4 Å². The number of aromatic nitrogens is 1. The fourth-order valence-electron chi connectivity index (χ4n) is 2.04. The summed E-state index contributed by atoms with van der Waals surface area (Å²) in [6.07, 6.45) is 0. The van der Waals surface area contributed by atoms with E-state index in [9.17, 15) is 0 Å². The third kappa shape index (κ3) is 3.34. The van der Waals surface area contributed by atoms with Gasteiger partial charge >= 0.3 is 0 Å². The van der Waals surface area contributed by atoms with Gasteiger partial charge in [-0.25, -0.2) is 4.99 Å². The molecule has 3 rings (SSSR count). The Morgan fingerprint density at radius 2 is 1.95 bits per heavy atom. The van der Waals surface area contributed by atoms with E-state index in [-0.39, 0.29) is 0 Å². The highest BCUT2D eigenvalue weighted by atomic mass is 79.9. The molecule has 0 unspecified atom stereocenters. The molecule has 0 radical (unpaired) electrons. The van der Waals surface area contributed by atoms with Crippen molar-refractivity contribution in [2.75, 3.05) is 6.61 Å². The lowest BCUT2D eigenvalue weighted by molar-refractivity contribution is 0.340. The highest BCUT2D eigenvalue weighted by Crippen LogP contribution is 2.31. The van der Waals surface area contributed by atoms with Crippen molar-refractivity contribution < 1.29 is 4.74 Å². The number of hydrogen-bond acceptors (Lipinski definition) is 4. The van der Waals surface area contributed by atoms with Gasteiger partial charge in [-0.2, -0.15) is 0 Å². The van der Waals surface area contributed by atoms with Crippen LogP contribution in [0.4, 0.5) is 5.69 Å². The van der Waals surface area contributed by atoms with Gasteiger partial charge in [0.25, 0.3) is 0 Å². The van der Waals surface area contributed by atoms with Crippen LogP contribution in [-0.4, -0.2) is 11.2 Å². The third-order valence-corrected chi connectivity index (χ3v) is 5.69. The molecular weight excluding hydrogens is 380 g/mol. The number of nitrogens with zero attached hydrogens (tertiary/aromatic N) is 2. The maximum atomic E-state index is 5.45. The lowest BCUT2D eigenvalue weighted by Gasteiger charge is -2.02. The summed E-state index contributed by atoms with van der Waals surface area (Å²) in [4.78, 5) is 6.92. The van der Waals surface area contributed by atoms with Crippen molar-refractivity contribution in [2.45, 2.75) is 6.92 Å². The molecule has 22 heavy (non-hydrogen) atoms. The van der Waals surface area contributed by atoms with Crippen molar-refractivity contribution in [1.82, 2.24) is 4.57 Å². The highest BCUT2D eigenvalue weighted by Gasteiger charge is 2.07. The molecule has 0 amide bonds. The van der Waals surface area contributed by atoms with Crippen LogP contribution in [0.1, 0.15) is 6.92 Å².